The molecule has 12 nitrogen and oxygen atoms in total. The summed E-state index contributed by atoms with van der Waals surface area (Å²) in [5.41, 5.74) is 0.0124. The van der Waals surface area contributed by atoms with Gasteiger partial charge in [0.15, 0.2) is 34.6 Å². The van der Waals surface area contributed by atoms with Gasteiger partial charge < -0.3 is 37.9 Å². The van der Waals surface area contributed by atoms with Crippen LogP contribution in [0, 0.1) is 24.7 Å². The number of benzene rings is 2. The van der Waals surface area contributed by atoms with Gasteiger partial charge >= 0.3 is 0 Å². The van der Waals surface area contributed by atoms with Crippen LogP contribution in [-0.4, -0.2) is 117 Å². The van der Waals surface area contributed by atoms with Crippen LogP contribution < -0.4 is 9.47 Å². The van der Waals surface area contributed by atoms with E-state index in [4.69, 9.17) is 18.3 Å². The number of carbonyl (C=O) groups excluding carboxylic acids is 2. The van der Waals surface area contributed by atoms with Crippen LogP contribution in [-0.2, 0) is 22.8 Å². The molecule has 364 valence electrons. The van der Waals surface area contributed by atoms with Gasteiger partial charge in [0.05, 0.1) is 12.4 Å². The molecule has 4 aromatic rings. The van der Waals surface area contributed by atoms with Crippen LogP contribution in [0.1, 0.15) is 136 Å². The van der Waals surface area contributed by atoms with Crippen LogP contribution in [0.25, 0.3) is 0 Å². The van der Waals surface area contributed by atoms with E-state index in [1.54, 1.807) is 22.2 Å². The van der Waals surface area contributed by atoms with Crippen molar-refractivity contribution in [2.75, 3.05) is 52.4 Å². The molecule has 0 radical (unpaired) electrons. The minimum Gasteiger partial charge on any atom is -0.485 e. The normalized spacial score (nSPS) is 25.9. The molecule has 6 heterocycles. The third-order valence-electron chi connectivity index (χ3n) is 17.1. The third-order valence-corrected chi connectivity index (χ3v) is 17.1. The molecular formula is C54H68F2N6O6. The second kappa shape index (κ2) is 18.2. The molecule has 2 aromatic heterocycles. The number of ether oxygens (including phenoxy) is 2. The zero-order valence-electron chi connectivity index (χ0n) is 39.9. The topological polar surface area (TPSA) is 118 Å². The van der Waals surface area contributed by atoms with Crippen LogP contribution in [0.2, 0.25) is 0 Å². The van der Waals surface area contributed by atoms with E-state index in [0.717, 1.165) is 114 Å². The molecular weight excluding hydrogens is 867 g/mol. The van der Waals surface area contributed by atoms with E-state index in [9.17, 15) is 18.4 Å². The fourth-order valence-corrected chi connectivity index (χ4v) is 12.9. The Kier molecular flexibility index (Phi) is 12.2. The molecule has 68 heavy (non-hydrogen) atoms. The average Bonchev–Trinajstić information content (AvgIpc) is 3.89. The lowest BCUT2D eigenvalue weighted by Crippen LogP contribution is -2.60. The summed E-state index contributed by atoms with van der Waals surface area (Å²) in [7, 11) is 0. The van der Waals surface area contributed by atoms with Gasteiger partial charge in [-0.2, -0.15) is 0 Å². The predicted molar refractivity (Wildman–Crippen MR) is 251 cm³/mol. The number of nitrogens with zero attached hydrogens (tertiary/aromatic N) is 6. The number of carbonyl (C=O) groups is 2. The van der Waals surface area contributed by atoms with Gasteiger partial charge in [-0.05, 0) is 151 Å². The Balaban J connectivity index is 0.000000149. The van der Waals surface area contributed by atoms with E-state index in [0.29, 0.717) is 74.6 Å². The number of halogens is 2. The number of likely N-dealkylation sites (tertiary alicyclic amines) is 4. The maximum absolute atomic E-state index is 14.1. The number of rotatable bonds is 12. The van der Waals surface area contributed by atoms with Gasteiger partial charge in [-0.25, -0.2) is 18.7 Å². The lowest BCUT2D eigenvalue weighted by atomic mass is 9.77. The van der Waals surface area contributed by atoms with Gasteiger partial charge in [-0.1, -0.05) is 36.4 Å². The van der Waals surface area contributed by atoms with E-state index in [1.807, 2.05) is 26.0 Å². The molecule has 0 bridgehead atoms. The summed E-state index contributed by atoms with van der Waals surface area (Å²) in [5.74, 6) is 5.17. The Bertz CT molecular complexity index is 2270. The minimum atomic E-state index is -1.52. The first-order valence-corrected chi connectivity index (χ1v) is 25.6. The highest BCUT2D eigenvalue weighted by Crippen LogP contribution is 2.53. The molecule has 4 aliphatic heterocycles. The Labute approximate surface area is 399 Å². The summed E-state index contributed by atoms with van der Waals surface area (Å²) < 4.78 is 51.6. The highest BCUT2D eigenvalue weighted by atomic mass is 19.1. The van der Waals surface area contributed by atoms with Gasteiger partial charge in [0.1, 0.15) is 24.7 Å². The molecule has 2 atom stereocenters. The van der Waals surface area contributed by atoms with Crippen molar-refractivity contribution >= 4 is 11.8 Å². The maximum Gasteiger partial charge on any atom is 0.260 e. The fraction of sp³-hybridized carbons (Fsp3) is 0.630. The lowest BCUT2D eigenvalue weighted by Gasteiger charge is -2.49. The zero-order valence-corrected chi connectivity index (χ0v) is 39.9. The SMILES string of the molecule is Cc1ncc(COc2ccccc2C2CCN([C@@H]3CCC4(C3)CN(C(=O)C3(F)CC3)C4)CC2)o1.Cc1ncc(COc2ccccc2C2CCN([C@H]3CCC4(C3)CN(C(=O)C3(F)CC3)C4)CC2)o1. The van der Waals surface area contributed by atoms with Crippen molar-refractivity contribution in [3.05, 3.63) is 95.4 Å². The zero-order chi connectivity index (χ0) is 46.7. The third kappa shape index (κ3) is 9.44. The summed E-state index contributed by atoms with van der Waals surface area (Å²) in [6.07, 6.45) is 16.6. The molecule has 2 spiro atoms. The van der Waals surface area contributed by atoms with E-state index in [-0.39, 0.29) is 22.6 Å². The van der Waals surface area contributed by atoms with Crippen molar-refractivity contribution in [2.24, 2.45) is 10.8 Å². The Morgan fingerprint density at radius 3 is 1.32 bits per heavy atom. The van der Waals surface area contributed by atoms with Crippen LogP contribution in [0.3, 0.4) is 0 Å². The van der Waals surface area contributed by atoms with E-state index < -0.39 is 11.3 Å². The van der Waals surface area contributed by atoms with E-state index in [2.05, 4.69) is 56.2 Å². The highest BCUT2D eigenvalue weighted by Gasteiger charge is 2.60. The molecule has 8 aliphatic rings. The Morgan fingerprint density at radius 1 is 0.588 bits per heavy atom. The van der Waals surface area contributed by atoms with Crippen molar-refractivity contribution < 1.29 is 36.7 Å². The molecule has 2 aromatic carbocycles. The second-order valence-electron chi connectivity index (χ2n) is 22.0. The molecule has 2 amide bonds. The molecule has 4 aliphatic carbocycles. The summed E-state index contributed by atoms with van der Waals surface area (Å²) in [4.78, 5) is 41.7. The number of hydrogen-bond acceptors (Lipinski definition) is 10. The van der Waals surface area contributed by atoms with Crippen molar-refractivity contribution in [3.8, 4) is 11.5 Å². The standard InChI is InChI=1S/2C27H34FN3O3/c2*1-19-29-15-22(34-19)16-33-24-5-3-2-4-23(24)20-7-12-30(13-8-20)21-6-9-26(14-21)17-31(18-26)25(32)27(28)10-11-27/h2*2-5,15,20-21H,6-14,16-18H2,1H3/t2*21-/m10/s1. The first-order chi connectivity index (χ1) is 32.9. The van der Waals surface area contributed by atoms with Crippen molar-refractivity contribution in [3.63, 3.8) is 0 Å². The lowest BCUT2D eigenvalue weighted by molar-refractivity contribution is -0.151. The maximum atomic E-state index is 14.1. The van der Waals surface area contributed by atoms with Crippen LogP contribution in [0.4, 0.5) is 8.78 Å². The highest BCUT2D eigenvalue weighted by molar-refractivity contribution is 5.89. The number of amides is 2. The van der Waals surface area contributed by atoms with E-state index >= 15 is 0 Å². The molecule has 4 saturated carbocycles. The van der Waals surface area contributed by atoms with Crippen LogP contribution in [0.5, 0.6) is 11.5 Å². The fourth-order valence-electron chi connectivity index (χ4n) is 12.9. The number of hydrogen-bond donors (Lipinski definition) is 0. The molecule has 0 unspecified atom stereocenters. The molecule has 12 rings (SSSR count). The van der Waals surface area contributed by atoms with Crippen molar-refractivity contribution in [1.82, 2.24) is 29.6 Å². The number of para-hydroxylation sites is 2. The molecule has 4 saturated heterocycles. The van der Waals surface area contributed by atoms with E-state index in [1.165, 1.54) is 36.8 Å². The Hall–Kier alpha value is -4.82. The Morgan fingerprint density at radius 2 is 0.971 bits per heavy atom. The summed E-state index contributed by atoms with van der Waals surface area (Å²) in [6, 6.07) is 17.9. The average molecular weight is 935 g/mol. The van der Waals surface area contributed by atoms with Gasteiger partial charge in [0.2, 0.25) is 0 Å². The van der Waals surface area contributed by atoms with Gasteiger partial charge in [-0.15, -0.1) is 0 Å². The quantitative estimate of drug-likeness (QED) is 0.136. The monoisotopic (exact) mass is 935 g/mol. The predicted octanol–water partition coefficient (Wildman–Crippen LogP) is 9.25. The van der Waals surface area contributed by atoms with Gasteiger partial charge in [0, 0.05) is 62.9 Å². The number of oxazole rings is 2. The van der Waals surface area contributed by atoms with Crippen molar-refractivity contribution in [1.29, 1.82) is 0 Å². The van der Waals surface area contributed by atoms with Crippen LogP contribution in [0.15, 0.2) is 69.8 Å². The number of aryl methyl sites for hydroxylation is 2. The second-order valence-corrected chi connectivity index (χ2v) is 22.0. The summed E-state index contributed by atoms with van der Waals surface area (Å²) in [5, 5.41) is 0. The van der Waals surface area contributed by atoms with Gasteiger partial charge in [0.25, 0.3) is 11.8 Å². The number of piperidine rings is 2. The smallest absolute Gasteiger partial charge is 0.260 e. The first kappa shape index (κ1) is 45.6. The first-order valence-electron chi connectivity index (χ1n) is 25.6. The largest absolute Gasteiger partial charge is 0.485 e. The van der Waals surface area contributed by atoms with Crippen LogP contribution >= 0.6 is 0 Å². The van der Waals surface area contributed by atoms with Gasteiger partial charge in [-0.3, -0.25) is 9.59 Å². The van der Waals surface area contributed by atoms with Crippen molar-refractivity contribution in [2.45, 2.75) is 152 Å². The summed E-state index contributed by atoms with van der Waals surface area (Å²) in [6.45, 7) is 11.9. The molecule has 0 N–H and O–H groups in total. The molecule has 14 heteroatoms. The number of alkyl halides is 2. The summed E-state index contributed by atoms with van der Waals surface area (Å²) >= 11 is 0. The minimum absolute atomic E-state index is 0.238. The molecule has 8 fully saturated rings. The number of aromatic nitrogens is 2.